The molecule has 1 amide bonds. The van der Waals surface area contributed by atoms with Crippen LogP contribution < -0.4 is 10.3 Å². The fourth-order valence-corrected chi connectivity index (χ4v) is 4.18. The van der Waals surface area contributed by atoms with Gasteiger partial charge in [0.2, 0.25) is 0 Å². The maximum absolute atomic E-state index is 13.1. The number of likely N-dealkylation sites (tertiary alicyclic amines) is 1. The van der Waals surface area contributed by atoms with Gasteiger partial charge < -0.3 is 14.2 Å². The van der Waals surface area contributed by atoms with Gasteiger partial charge in [0.25, 0.3) is 11.5 Å². The first-order valence-corrected chi connectivity index (χ1v) is 10.7. The zero-order valence-corrected chi connectivity index (χ0v) is 18.4. The smallest absolute Gasteiger partial charge is 0.259 e. The minimum absolute atomic E-state index is 0.128. The van der Waals surface area contributed by atoms with E-state index in [9.17, 15) is 9.59 Å². The van der Waals surface area contributed by atoms with E-state index >= 15 is 0 Å². The molecule has 1 fully saturated rings. The standard InChI is InChI=1S/C23H23N7O3/c1-28-14-17(19(33-2)12-21(28)31)23(32)29-10-7-15(8-11-29)22-26-25-20-6-5-18(27-30(20)22)16-4-3-9-24-13-16/h3-6,9,12-15H,7-8,10-11H2,1-2H3. The number of carbonyl (C=O) groups is 1. The van der Waals surface area contributed by atoms with Gasteiger partial charge in [0.1, 0.15) is 5.75 Å². The highest BCUT2D eigenvalue weighted by Gasteiger charge is 2.29. The molecule has 0 radical (unpaired) electrons. The number of aryl methyl sites for hydroxylation is 1. The van der Waals surface area contributed by atoms with Crippen molar-refractivity contribution in [2.45, 2.75) is 18.8 Å². The lowest BCUT2D eigenvalue weighted by Gasteiger charge is -2.31. The molecule has 0 spiro atoms. The molecular formula is C23H23N7O3. The molecule has 10 heteroatoms. The number of aromatic nitrogens is 6. The second kappa shape index (κ2) is 8.45. The summed E-state index contributed by atoms with van der Waals surface area (Å²) in [6.07, 6.45) is 6.51. The van der Waals surface area contributed by atoms with E-state index in [-0.39, 0.29) is 17.4 Å². The Morgan fingerprint density at radius 3 is 2.70 bits per heavy atom. The summed E-state index contributed by atoms with van der Waals surface area (Å²) in [7, 11) is 3.08. The van der Waals surface area contributed by atoms with Crippen LogP contribution in [-0.4, -0.2) is 60.4 Å². The topological polar surface area (TPSA) is 108 Å². The van der Waals surface area contributed by atoms with Crippen LogP contribution in [0.25, 0.3) is 16.9 Å². The van der Waals surface area contributed by atoms with Crippen LogP contribution in [0.15, 0.2) is 53.7 Å². The largest absolute Gasteiger partial charge is 0.496 e. The van der Waals surface area contributed by atoms with Gasteiger partial charge in [-0.05, 0) is 37.1 Å². The Kier molecular flexibility index (Phi) is 5.33. The SMILES string of the molecule is COc1cc(=O)n(C)cc1C(=O)N1CCC(c2nnc3ccc(-c4cccnc4)nn23)CC1. The minimum atomic E-state index is -0.223. The molecule has 0 atom stereocenters. The van der Waals surface area contributed by atoms with E-state index in [0.717, 1.165) is 29.9 Å². The number of piperidine rings is 1. The number of hydrogen-bond acceptors (Lipinski definition) is 7. The molecule has 4 aromatic heterocycles. The van der Waals surface area contributed by atoms with Crippen LogP contribution in [0.5, 0.6) is 5.75 Å². The normalized spacial score (nSPS) is 14.5. The molecule has 5 rings (SSSR count). The average Bonchev–Trinajstić information content (AvgIpc) is 3.29. The summed E-state index contributed by atoms with van der Waals surface area (Å²) in [6, 6.07) is 8.99. The Morgan fingerprint density at radius 1 is 1.15 bits per heavy atom. The molecule has 10 nitrogen and oxygen atoms in total. The molecule has 0 aliphatic carbocycles. The predicted octanol–water partition coefficient (Wildman–Crippen LogP) is 1.91. The van der Waals surface area contributed by atoms with Crippen LogP contribution in [0, 0.1) is 0 Å². The molecule has 0 saturated carbocycles. The van der Waals surface area contributed by atoms with Crippen molar-refractivity contribution < 1.29 is 9.53 Å². The van der Waals surface area contributed by atoms with Crippen molar-refractivity contribution in [3.8, 4) is 17.0 Å². The Morgan fingerprint density at radius 2 is 1.97 bits per heavy atom. The second-order valence-corrected chi connectivity index (χ2v) is 8.06. The van der Waals surface area contributed by atoms with E-state index in [0.29, 0.717) is 30.0 Å². The van der Waals surface area contributed by atoms with Gasteiger partial charge >= 0.3 is 0 Å². The molecule has 0 unspecified atom stereocenters. The van der Waals surface area contributed by atoms with Gasteiger partial charge in [-0.3, -0.25) is 14.6 Å². The number of fused-ring (bicyclic) bond motifs is 1. The number of ether oxygens (including phenoxy) is 1. The van der Waals surface area contributed by atoms with Crippen LogP contribution in [0.3, 0.4) is 0 Å². The van der Waals surface area contributed by atoms with Crippen molar-refractivity contribution in [3.05, 3.63) is 70.7 Å². The third-order valence-corrected chi connectivity index (χ3v) is 6.03. The molecule has 4 aromatic rings. The van der Waals surface area contributed by atoms with E-state index in [1.807, 2.05) is 24.3 Å². The van der Waals surface area contributed by atoms with E-state index in [2.05, 4.69) is 15.2 Å². The molecular weight excluding hydrogens is 422 g/mol. The van der Waals surface area contributed by atoms with Gasteiger partial charge in [0.15, 0.2) is 11.5 Å². The summed E-state index contributed by atoms with van der Waals surface area (Å²) < 4.78 is 8.45. The molecule has 0 N–H and O–H groups in total. The van der Waals surface area contributed by atoms with Crippen molar-refractivity contribution in [2.24, 2.45) is 7.05 Å². The van der Waals surface area contributed by atoms with Crippen molar-refractivity contribution in [1.82, 2.24) is 34.3 Å². The van der Waals surface area contributed by atoms with E-state index in [1.54, 1.807) is 28.9 Å². The van der Waals surface area contributed by atoms with Crippen molar-refractivity contribution in [2.75, 3.05) is 20.2 Å². The number of pyridine rings is 2. The van der Waals surface area contributed by atoms with Crippen molar-refractivity contribution >= 4 is 11.6 Å². The number of methoxy groups -OCH3 is 1. The number of carbonyl (C=O) groups excluding carboxylic acids is 1. The summed E-state index contributed by atoms with van der Waals surface area (Å²) in [5.41, 5.74) is 2.57. The maximum Gasteiger partial charge on any atom is 0.259 e. The highest BCUT2D eigenvalue weighted by atomic mass is 16.5. The van der Waals surface area contributed by atoms with Crippen LogP contribution in [0.4, 0.5) is 0 Å². The van der Waals surface area contributed by atoms with Gasteiger partial charge in [-0.15, -0.1) is 10.2 Å². The van der Waals surface area contributed by atoms with E-state index in [1.165, 1.54) is 23.9 Å². The molecule has 1 aliphatic heterocycles. The fraction of sp³-hybridized carbons (Fsp3) is 0.304. The third-order valence-electron chi connectivity index (χ3n) is 6.03. The first-order valence-electron chi connectivity index (χ1n) is 10.7. The van der Waals surface area contributed by atoms with E-state index < -0.39 is 0 Å². The Labute approximate surface area is 189 Å². The quantitative estimate of drug-likeness (QED) is 0.472. The summed E-state index contributed by atoms with van der Waals surface area (Å²) in [5.74, 6) is 1.06. The van der Waals surface area contributed by atoms with Crippen LogP contribution in [-0.2, 0) is 7.05 Å². The van der Waals surface area contributed by atoms with Gasteiger partial charge in [-0.2, -0.15) is 9.61 Å². The van der Waals surface area contributed by atoms with Crippen molar-refractivity contribution in [1.29, 1.82) is 0 Å². The Bertz CT molecular complexity index is 1370. The number of rotatable bonds is 4. The molecule has 1 aliphatic rings. The first kappa shape index (κ1) is 20.8. The van der Waals surface area contributed by atoms with Gasteiger partial charge in [0, 0.05) is 56.3 Å². The van der Waals surface area contributed by atoms with Gasteiger partial charge in [-0.1, -0.05) is 0 Å². The number of hydrogen-bond donors (Lipinski definition) is 0. The van der Waals surface area contributed by atoms with Crippen LogP contribution >= 0.6 is 0 Å². The number of nitrogens with zero attached hydrogens (tertiary/aromatic N) is 7. The fourth-order valence-electron chi connectivity index (χ4n) is 4.18. The van der Waals surface area contributed by atoms with Gasteiger partial charge in [-0.25, -0.2) is 0 Å². The van der Waals surface area contributed by atoms with Crippen molar-refractivity contribution in [3.63, 3.8) is 0 Å². The lowest BCUT2D eigenvalue weighted by atomic mass is 9.95. The molecule has 33 heavy (non-hydrogen) atoms. The molecule has 0 aromatic carbocycles. The third kappa shape index (κ3) is 3.84. The first-order chi connectivity index (χ1) is 16.0. The minimum Gasteiger partial charge on any atom is -0.496 e. The highest BCUT2D eigenvalue weighted by Crippen LogP contribution is 2.29. The zero-order chi connectivity index (χ0) is 22.9. The summed E-state index contributed by atoms with van der Waals surface area (Å²) in [5, 5.41) is 13.4. The number of amides is 1. The van der Waals surface area contributed by atoms with Crippen LogP contribution in [0.2, 0.25) is 0 Å². The summed E-state index contributed by atoms with van der Waals surface area (Å²) in [4.78, 5) is 31.0. The lowest BCUT2D eigenvalue weighted by molar-refractivity contribution is 0.0706. The summed E-state index contributed by atoms with van der Waals surface area (Å²) >= 11 is 0. The van der Waals surface area contributed by atoms with Crippen LogP contribution in [0.1, 0.15) is 34.9 Å². The highest BCUT2D eigenvalue weighted by molar-refractivity contribution is 5.96. The van der Waals surface area contributed by atoms with E-state index in [4.69, 9.17) is 9.84 Å². The zero-order valence-electron chi connectivity index (χ0n) is 18.4. The predicted molar refractivity (Wildman–Crippen MR) is 120 cm³/mol. The molecule has 0 bridgehead atoms. The average molecular weight is 445 g/mol. The molecule has 168 valence electrons. The van der Waals surface area contributed by atoms with Gasteiger partial charge in [0.05, 0.1) is 18.4 Å². The Balaban J connectivity index is 1.36. The molecule has 5 heterocycles. The monoisotopic (exact) mass is 445 g/mol. The lowest BCUT2D eigenvalue weighted by Crippen LogP contribution is -2.39. The maximum atomic E-state index is 13.1. The second-order valence-electron chi connectivity index (χ2n) is 8.06. The summed E-state index contributed by atoms with van der Waals surface area (Å²) in [6.45, 7) is 1.12. The Hall–Kier alpha value is -4.08. The molecule has 1 saturated heterocycles.